The van der Waals surface area contributed by atoms with E-state index >= 15 is 0 Å². The molecule has 0 radical (unpaired) electrons. The fraction of sp³-hybridized carbons (Fsp3) is 0.630. The highest BCUT2D eigenvalue weighted by molar-refractivity contribution is 14.1. The van der Waals surface area contributed by atoms with Crippen molar-refractivity contribution in [3.05, 3.63) is 36.5 Å². The lowest BCUT2D eigenvalue weighted by Crippen LogP contribution is -2.55. The van der Waals surface area contributed by atoms with Gasteiger partial charge in [0.05, 0.1) is 11.3 Å². The molecule has 0 aliphatic heterocycles. The molecule has 2 unspecified atom stereocenters. The largest absolute Gasteiger partial charge is 0.455 e. The van der Waals surface area contributed by atoms with Crippen LogP contribution in [0.1, 0.15) is 82.5 Å². The van der Waals surface area contributed by atoms with Crippen LogP contribution < -0.4 is 5.73 Å². The van der Waals surface area contributed by atoms with Gasteiger partial charge < -0.3 is 10.5 Å². The van der Waals surface area contributed by atoms with Gasteiger partial charge >= 0.3 is 5.97 Å². The molecule has 5 rings (SSSR count). The van der Waals surface area contributed by atoms with E-state index in [-0.39, 0.29) is 16.8 Å². The number of esters is 1. The molecule has 0 amide bonds. The topological polar surface area (TPSA) is 69.4 Å². The van der Waals surface area contributed by atoms with Crippen LogP contribution in [0.3, 0.4) is 0 Å². The number of carbonyl (C=O) groups excluding carboxylic acids is 2. The maximum Gasteiger partial charge on any atom is 0.340 e. The molecular formula is C27H33I2NO3. The Morgan fingerprint density at radius 3 is 2.52 bits per heavy atom. The Bertz CT molecular complexity index is 1070. The van der Waals surface area contributed by atoms with Crippen molar-refractivity contribution in [3.8, 4) is 0 Å². The van der Waals surface area contributed by atoms with Crippen LogP contribution in [0.5, 0.6) is 0 Å². The minimum atomic E-state index is -0.488. The molecule has 1 aromatic carbocycles. The van der Waals surface area contributed by atoms with Crippen LogP contribution in [0.15, 0.2) is 23.8 Å². The van der Waals surface area contributed by atoms with E-state index in [4.69, 9.17) is 10.5 Å². The van der Waals surface area contributed by atoms with Crippen molar-refractivity contribution >= 4 is 62.6 Å². The first-order valence-electron chi connectivity index (χ1n) is 12.2. The first kappa shape index (κ1) is 24.1. The molecule has 6 atom stereocenters. The SMILES string of the molecule is CC1(OC(=O)c2cc(I)cc(I)c2N)CC[C@H]2C3CCC4=CC(=O)CC[C@]4(C)[C@H]3CC[C@@]21C. The first-order chi connectivity index (χ1) is 15.5. The van der Waals surface area contributed by atoms with Crippen molar-refractivity contribution in [2.75, 3.05) is 5.73 Å². The lowest BCUT2D eigenvalue weighted by atomic mass is 9.46. The van der Waals surface area contributed by atoms with Crippen molar-refractivity contribution in [1.82, 2.24) is 0 Å². The predicted molar refractivity (Wildman–Crippen MR) is 147 cm³/mol. The molecule has 0 saturated heterocycles. The van der Waals surface area contributed by atoms with Gasteiger partial charge in [-0.1, -0.05) is 19.4 Å². The summed E-state index contributed by atoms with van der Waals surface area (Å²) < 4.78 is 8.27. The number of ether oxygens (including phenoxy) is 1. The number of rotatable bonds is 2. The molecule has 2 N–H and O–H groups in total. The summed E-state index contributed by atoms with van der Waals surface area (Å²) in [7, 11) is 0. The summed E-state index contributed by atoms with van der Waals surface area (Å²) in [6.45, 7) is 6.95. The average Bonchev–Trinajstić information content (AvgIpc) is 3.01. The van der Waals surface area contributed by atoms with Crippen LogP contribution in [0.4, 0.5) is 5.69 Å². The summed E-state index contributed by atoms with van der Waals surface area (Å²) in [5.74, 6) is 1.85. The Kier molecular flexibility index (Phi) is 5.98. The van der Waals surface area contributed by atoms with Gasteiger partial charge in [-0.05, 0) is 138 Å². The number of benzene rings is 1. The second-order valence-corrected chi connectivity index (χ2v) is 13.8. The third-order valence-electron chi connectivity index (χ3n) is 10.1. The molecule has 1 aromatic rings. The highest BCUT2D eigenvalue weighted by Crippen LogP contribution is 2.68. The summed E-state index contributed by atoms with van der Waals surface area (Å²) in [6, 6.07) is 3.82. The van der Waals surface area contributed by atoms with E-state index in [0.29, 0.717) is 41.2 Å². The van der Waals surface area contributed by atoms with Gasteiger partial charge in [0.2, 0.25) is 0 Å². The monoisotopic (exact) mass is 673 g/mol. The molecule has 0 bridgehead atoms. The number of fused-ring (bicyclic) bond motifs is 5. The Labute approximate surface area is 224 Å². The van der Waals surface area contributed by atoms with E-state index in [1.54, 1.807) is 0 Å². The van der Waals surface area contributed by atoms with Crippen LogP contribution in [-0.2, 0) is 9.53 Å². The van der Waals surface area contributed by atoms with E-state index in [2.05, 4.69) is 66.0 Å². The van der Waals surface area contributed by atoms with E-state index in [1.165, 1.54) is 5.57 Å². The van der Waals surface area contributed by atoms with E-state index < -0.39 is 5.60 Å². The van der Waals surface area contributed by atoms with Gasteiger partial charge in [-0.25, -0.2) is 4.79 Å². The van der Waals surface area contributed by atoms with Crippen molar-refractivity contribution < 1.29 is 14.3 Å². The zero-order valence-corrected chi connectivity index (χ0v) is 24.0. The Morgan fingerprint density at radius 1 is 1.03 bits per heavy atom. The third kappa shape index (κ3) is 3.62. The highest BCUT2D eigenvalue weighted by Gasteiger charge is 2.64. The van der Waals surface area contributed by atoms with Crippen molar-refractivity contribution in [3.63, 3.8) is 0 Å². The lowest BCUT2D eigenvalue weighted by Gasteiger charge is -2.59. The van der Waals surface area contributed by atoms with Crippen LogP contribution in [-0.4, -0.2) is 17.4 Å². The summed E-state index contributed by atoms with van der Waals surface area (Å²) in [6.07, 6.45) is 10.1. The summed E-state index contributed by atoms with van der Waals surface area (Å²) in [5, 5.41) is 0. The number of nitrogen functional groups attached to an aromatic ring is 1. The average molecular weight is 673 g/mol. The number of carbonyl (C=O) groups is 2. The molecule has 3 saturated carbocycles. The quantitative estimate of drug-likeness (QED) is 0.210. The number of hydrogen-bond donors (Lipinski definition) is 1. The lowest BCUT2D eigenvalue weighted by molar-refractivity contribution is -0.127. The zero-order chi connectivity index (χ0) is 23.8. The van der Waals surface area contributed by atoms with Crippen LogP contribution in [0.2, 0.25) is 0 Å². The molecular weight excluding hydrogens is 640 g/mol. The molecule has 6 heteroatoms. The minimum Gasteiger partial charge on any atom is -0.455 e. The van der Waals surface area contributed by atoms with Crippen molar-refractivity contribution in [2.45, 2.75) is 77.7 Å². The number of allylic oxidation sites excluding steroid dienone is 1. The van der Waals surface area contributed by atoms with Crippen LogP contribution in [0, 0.1) is 35.7 Å². The molecule has 0 spiro atoms. The van der Waals surface area contributed by atoms with Crippen LogP contribution in [0.25, 0.3) is 0 Å². The standard InChI is InChI=1S/C27H33I2NO3/c1-25-9-6-17(31)12-15(25)4-5-18-20(25)7-10-26(2)21(18)8-11-27(26,3)33-24(32)19-13-16(28)14-22(29)23(19)30/h12-14,18,20-21H,4-11,30H2,1-3H3/t18?,20-,21-,25-,26-,27?/m0/s1. The normalized spacial score (nSPS) is 39.8. The minimum absolute atomic E-state index is 0.0320. The third-order valence-corrected chi connectivity index (χ3v) is 11.6. The van der Waals surface area contributed by atoms with Crippen molar-refractivity contribution in [1.29, 1.82) is 0 Å². The smallest absolute Gasteiger partial charge is 0.340 e. The Hall–Kier alpha value is -0.640. The van der Waals surface area contributed by atoms with Gasteiger partial charge in [-0.15, -0.1) is 0 Å². The number of ketones is 1. The number of halogens is 2. The second-order valence-electron chi connectivity index (χ2n) is 11.4. The summed E-state index contributed by atoms with van der Waals surface area (Å²) in [4.78, 5) is 25.4. The predicted octanol–water partition coefficient (Wildman–Crippen LogP) is 6.93. The van der Waals surface area contributed by atoms with Gasteiger partial charge in [-0.3, -0.25) is 4.79 Å². The molecule has 178 valence electrons. The maximum absolute atomic E-state index is 13.4. The second kappa shape index (κ2) is 8.20. The van der Waals surface area contributed by atoms with Gasteiger partial charge in [0.15, 0.2) is 5.78 Å². The number of anilines is 1. The molecule has 33 heavy (non-hydrogen) atoms. The van der Waals surface area contributed by atoms with Crippen molar-refractivity contribution in [2.24, 2.45) is 28.6 Å². The Morgan fingerprint density at radius 2 is 1.76 bits per heavy atom. The molecule has 4 nitrogen and oxygen atoms in total. The summed E-state index contributed by atoms with van der Waals surface area (Å²) in [5.41, 5.74) is 8.32. The molecule has 0 heterocycles. The van der Waals surface area contributed by atoms with E-state index in [9.17, 15) is 9.59 Å². The summed E-state index contributed by atoms with van der Waals surface area (Å²) >= 11 is 4.41. The van der Waals surface area contributed by atoms with Gasteiger partial charge in [0, 0.05) is 19.0 Å². The number of hydrogen-bond acceptors (Lipinski definition) is 4. The maximum atomic E-state index is 13.4. The molecule has 0 aromatic heterocycles. The van der Waals surface area contributed by atoms with E-state index in [1.807, 2.05) is 18.2 Å². The van der Waals surface area contributed by atoms with Crippen LogP contribution >= 0.6 is 45.2 Å². The van der Waals surface area contributed by atoms with Gasteiger partial charge in [0.25, 0.3) is 0 Å². The van der Waals surface area contributed by atoms with Gasteiger partial charge in [-0.2, -0.15) is 0 Å². The Balaban J connectivity index is 1.42. The fourth-order valence-electron chi connectivity index (χ4n) is 7.97. The number of nitrogens with two attached hydrogens (primary N) is 1. The molecule has 4 aliphatic carbocycles. The van der Waals surface area contributed by atoms with Gasteiger partial charge in [0.1, 0.15) is 5.60 Å². The zero-order valence-electron chi connectivity index (χ0n) is 19.7. The van der Waals surface area contributed by atoms with E-state index in [0.717, 1.165) is 52.1 Å². The molecule has 4 aliphatic rings. The molecule has 3 fully saturated rings. The highest BCUT2D eigenvalue weighted by atomic mass is 127. The first-order valence-corrected chi connectivity index (χ1v) is 14.4. The fourth-order valence-corrected chi connectivity index (χ4v) is 9.81.